The average Bonchev–Trinajstić information content (AvgIpc) is 2.91. The molecule has 0 bridgehead atoms. The minimum atomic E-state index is 0.295. The monoisotopic (exact) mass is 298 g/mol. The third-order valence-corrected chi connectivity index (χ3v) is 3.49. The molecule has 1 aromatic heterocycles. The fourth-order valence-electron chi connectivity index (χ4n) is 2.31. The number of rotatable bonds is 3. The molecule has 5 heteroatoms. The first-order valence-electron chi connectivity index (χ1n) is 6.62. The van der Waals surface area contributed by atoms with Crippen molar-refractivity contribution in [3.63, 3.8) is 0 Å². The van der Waals surface area contributed by atoms with Crippen LogP contribution in [0, 0.1) is 6.92 Å². The number of nitrogens with zero attached hydrogens (tertiary/aromatic N) is 3. The molecule has 0 unspecified atom stereocenters. The molecule has 2 N–H and O–H groups in total. The summed E-state index contributed by atoms with van der Waals surface area (Å²) in [4.78, 5) is 0. The Labute approximate surface area is 128 Å². The Morgan fingerprint density at radius 3 is 2.62 bits per heavy atom. The van der Waals surface area contributed by atoms with Crippen LogP contribution in [-0.2, 0) is 5.88 Å². The van der Waals surface area contributed by atoms with Gasteiger partial charge in [0.15, 0.2) is 11.6 Å². The molecule has 3 rings (SSSR count). The number of nitrogen functional groups attached to an aromatic ring is 1. The second-order valence-electron chi connectivity index (χ2n) is 4.87. The Bertz CT molecular complexity index is 779. The Hall–Kier alpha value is -2.33. The van der Waals surface area contributed by atoms with Crippen molar-refractivity contribution >= 4 is 17.3 Å². The first kappa shape index (κ1) is 13.6. The summed E-state index contributed by atoms with van der Waals surface area (Å²) in [6.07, 6.45) is 0. The number of anilines is 1. The van der Waals surface area contributed by atoms with Crippen molar-refractivity contribution in [2.45, 2.75) is 12.8 Å². The molecule has 106 valence electrons. The minimum Gasteiger partial charge on any atom is -0.399 e. The van der Waals surface area contributed by atoms with Crippen molar-refractivity contribution in [2.24, 2.45) is 0 Å². The summed E-state index contributed by atoms with van der Waals surface area (Å²) in [7, 11) is 0. The molecular formula is C16H15ClN4. The molecule has 0 aliphatic rings. The smallest absolute Gasteiger partial charge is 0.168 e. The molecule has 0 saturated heterocycles. The first-order valence-corrected chi connectivity index (χ1v) is 7.15. The number of nitrogens with two attached hydrogens (primary N) is 1. The molecule has 3 aromatic rings. The SMILES string of the molecule is Cc1cccc(-n2c(CCl)nnc2-c2cccc(N)c2)c1. The summed E-state index contributed by atoms with van der Waals surface area (Å²) >= 11 is 6.01. The van der Waals surface area contributed by atoms with Crippen molar-refractivity contribution in [3.05, 3.63) is 59.9 Å². The van der Waals surface area contributed by atoms with Crippen LogP contribution >= 0.6 is 11.6 Å². The van der Waals surface area contributed by atoms with Crippen LogP contribution in [0.1, 0.15) is 11.4 Å². The number of hydrogen-bond donors (Lipinski definition) is 1. The van der Waals surface area contributed by atoms with Crippen molar-refractivity contribution < 1.29 is 0 Å². The Morgan fingerprint density at radius 1 is 1.10 bits per heavy atom. The van der Waals surface area contributed by atoms with Gasteiger partial charge in [-0.25, -0.2) is 0 Å². The molecule has 0 spiro atoms. The van der Waals surface area contributed by atoms with E-state index >= 15 is 0 Å². The van der Waals surface area contributed by atoms with Gasteiger partial charge in [0, 0.05) is 16.9 Å². The summed E-state index contributed by atoms with van der Waals surface area (Å²) in [5, 5.41) is 8.46. The standard InChI is InChI=1S/C16H15ClN4/c1-11-4-2-7-14(8-11)21-15(10-17)19-20-16(21)12-5-3-6-13(18)9-12/h2-9H,10,18H2,1H3. The maximum atomic E-state index is 6.01. The summed E-state index contributed by atoms with van der Waals surface area (Å²) in [5.41, 5.74) is 9.64. The average molecular weight is 299 g/mol. The molecule has 21 heavy (non-hydrogen) atoms. The molecule has 0 radical (unpaired) electrons. The van der Waals surface area contributed by atoms with Gasteiger partial charge in [0.2, 0.25) is 0 Å². The van der Waals surface area contributed by atoms with Gasteiger partial charge in [0.1, 0.15) is 0 Å². The van der Waals surface area contributed by atoms with Gasteiger partial charge >= 0.3 is 0 Å². The molecule has 0 aliphatic carbocycles. The topological polar surface area (TPSA) is 56.7 Å². The van der Waals surface area contributed by atoms with Gasteiger partial charge in [0.05, 0.1) is 5.88 Å². The van der Waals surface area contributed by atoms with Gasteiger partial charge < -0.3 is 5.73 Å². The Balaban J connectivity index is 2.21. The third kappa shape index (κ3) is 2.62. The highest BCUT2D eigenvalue weighted by atomic mass is 35.5. The van der Waals surface area contributed by atoms with Gasteiger partial charge in [-0.05, 0) is 36.8 Å². The zero-order valence-corrected chi connectivity index (χ0v) is 12.4. The first-order chi connectivity index (χ1) is 10.2. The van der Waals surface area contributed by atoms with Crippen LogP contribution in [0.3, 0.4) is 0 Å². The molecular weight excluding hydrogens is 284 g/mol. The number of aryl methyl sites for hydroxylation is 1. The van der Waals surface area contributed by atoms with Gasteiger partial charge in [-0.1, -0.05) is 24.3 Å². The molecule has 0 saturated carbocycles. The highest BCUT2D eigenvalue weighted by Gasteiger charge is 2.15. The van der Waals surface area contributed by atoms with Gasteiger partial charge in [-0.15, -0.1) is 21.8 Å². The van der Waals surface area contributed by atoms with Crippen LogP contribution in [0.15, 0.2) is 48.5 Å². The summed E-state index contributed by atoms with van der Waals surface area (Å²) < 4.78 is 1.97. The molecule has 0 amide bonds. The highest BCUT2D eigenvalue weighted by Crippen LogP contribution is 2.25. The molecule has 0 aliphatic heterocycles. The second kappa shape index (κ2) is 5.58. The quantitative estimate of drug-likeness (QED) is 0.594. The van der Waals surface area contributed by atoms with Crippen LogP contribution in [-0.4, -0.2) is 14.8 Å². The van der Waals surface area contributed by atoms with Crippen LogP contribution < -0.4 is 5.73 Å². The van der Waals surface area contributed by atoms with Crippen LogP contribution in [0.4, 0.5) is 5.69 Å². The van der Waals surface area contributed by atoms with Crippen molar-refractivity contribution in [1.29, 1.82) is 0 Å². The maximum Gasteiger partial charge on any atom is 0.168 e. The predicted molar refractivity (Wildman–Crippen MR) is 85.5 cm³/mol. The zero-order chi connectivity index (χ0) is 14.8. The van der Waals surface area contributed by atoms with Crippen LogP contribution in [0.25, 0.3) is 17.1 Å². The van der Waals surface area contributed by atoms with E-state index in [9.17, 15) is 0 Å². The molecule has 0 fully saturated rings. The van der Waals surface area contributed by atoms with Crippen molar-refractivity contribution in [3.8, 4) is 17.1 Å². The van der Waals surface area contributed by atoms with Crippen LogP contribution in [0.5, 0.6) is 0 Å². The van der Waals surface area contributed by atoms with Gasteiger partial charge in [-0.3, -0.25) is 4.57 Å². The summed E-state index contributed by atoms with van der Waals surface area (Å²) in [6.45, 7) is 2.05. The summed E-state index contributed by atoms with van der Waals surface area (Å²) in [5.74, 6) is 1.74. The van der Waals surface area contributed by atoms with Gasteiger partial charge in [-0.2, -0.15) is 0 Å². The van der Waals surface area contributed by atoms with E-state index in [-0.39, 0.29) is 0 Å². The molecule has 0 atom stereocenters. The normalized spacial score (nSPS) is 10.8. The van der Waals surface area contributed by atoms with E-state index in [4.69, 9.17) is 17.3 Å². The van der Waals surface area contributed by atoms with Crippen LogP contribution in [0.2, 0.25) is 0 Å². The zero-order valence-electron chi connectivity index (χ0n) is 11.6. The lowest BCUT2D eigenvalue weighted by atomic mass is 10.1. The Kier molecular flexibility index (Phi) is 3.62. The number of aromatic nitrogens is 3. The number of benzene rings is 2. The molecule has 2 aromatic carbocycles. The van der Waals surface area contributed by atoms with E-state index in [2.05, 4.69) is 29.3 Å². The van der Waals surface area contributed by atoms with E-state index in [1.807, 2.05) is 41.0 Å². The van der Waals surface area contributed by atoms with Crippen molar-refractivity contribution in [1.82, 2.24) is 14.8 Å². The minimum absolute atomic E-state index is 0.295. The third-order valence-electron chi connectivity index (χ3n) is 3.25. The van der Waals surface area contributed by atoms with E-state index in [1.165, 1.54) is 5.56 Å². The lowest BCUT2D eigenvalue weighted by Crippen LogP contribution is -2.02. The number of halogens is 1. The van der Waals surface area contributed by atoms with E-state index in [1.54, 1.807) is 0 Å². The molecule has 4 nitrogen and oxygen atoms in total. The van der Waals surface area contributed by atoms with Gasteiger partial charge in [0.25, 0.3) is 0 Å². The summed E-state index contributed by atoms with van der Waals surface area (Å²) in [6, 6.07) is 15.7. The fourth-order valence-corrected chi connectivity index (χ4v) is 2.48. The second-order valence-corrected chi connectivity index (χ2v) is 5.14. The fraction of sp³-hybridized carbons (Fsp3) is 0.125. The Morgan fingerprint density at radius 2 is 1.90 bits per heavy atom. The number of hydrogen-bond acceptors (Lipinski definition) is 3. The molecule has 1 heterocycles. The van der Waals surface area contributed by atoms with E-state index in [0.29, 0.717) is 17.4 Å². The maximum absolute atomic E-state index is 6.01. The highest BCUT2D eigenvalue weighted by molar-refractivity contribution is 6.16. The largest absolute Gasteiger partial charge is 0.399 e. The number of alkyl halides is 1. The van der Waals surface area contributed by atoms with E-state index in [0.717, 1.165) is 17.1 Å². The van der Waals surface area contributed by atoms with E-state index < -0.39 is 0 Å². The predicted octanol–water partition coefficient (Wildman–Crippen LogP) is 3.56. The lowest BCUT2D eigenvalue weighted by Gasteiger charge is -2.10. The van der Waals surface area contributed by atoms with Crippen molar-refractivity contribution in [2.75, 3.05) is 5.73 Å². The lowest BCUT2D eigenvalue weighted by molar-refractivity contribution is 0.952.